The fourth-order valence-corrected chi connectivity index (χ4v) is 0.776. The van der Waals surface area contributed by atoms with E-state index in [9.17, 15) is 4.79 Å². The molecule has 72 valence electrons. The highest BCUT2D eigenvalue weighted by atomic mass is 16.6. The van der Waals surface area contributed by atoms with Crippen LogP contribution in [0.3, 0.4) is 0 Å². The Balaban J connectivity index is 2.73. The first-order valence-corrected chi connectivity index (χ1v) is 3.61. The standard InChI is InChI=1S/C6H10N4O3/c1-10(2-3-11)6(12)4-5(7)9-13-8-4/h11H,2-3H2,1H3,(H2,7,9). The molecule has 0 atom stereocenters. The van der Waals surface area contributed by atoms with Crippen LogP contribution in [0.5, 0.6) is 0 Å². The number of nitrogens with zero attached hydrogens (tertiary/aromatic N) is 3. The SMILES string of the molecule is CN(CCO)C(=O)c1nonc1N. The summed E-state index contributed by atoms with van der Waals surface area (Å²) in [5.74, 6) is -0.470. The second-order valence-electron chi connectivity index (χ2n) is 2.45. The van der Waals surface area contributed by atoms with Crippen LogP contribution in [-0.2, 0) is 0 Å². The van der Waals surface area contributed by atoms with E-state index in [1.54, 1.807) is 0 Å². The minimum absolute atomic E-state index is 0.0315. The van der Waals surface area contributed by atoms with Gasteiger partial charge < -0.3 is 15.7 Å². The van der Waals surface area contributed by atoms with Gasteiger partial charge in [0, 0.05) is 13.6 Å². The van der Waals surface area contributed by atoms with E-state index < -0.39 is 5.91 Å². The first kappa shape index (κ1) is 9.46. The Morgan fingerprint density at radius 3 is 2.85 bits per heavy atom. The second-order valence-corrected chi connectivity index (χ2v) is 2.45. The van der Waals surface area contributed by atoms with Gasteiger partial charge in [0.05, 0.1) is 6.61 Å². The van der Waals surface area contributed by atoms with Crippen LogP contribution in [0.1, 0.15) is 10.5 Å². The molecule has 1 heterocycles. The van der Waals surface area contributed by atoms with Gasteiger partial charge in [-0.25, -0.2) is 4.63 Å². The van der Waals surface area contributed by atoms with Crippen molar-refractivity contribution in [3.63, 3.8) is 0 Å². The molecule has 13 heavy (non-hydrogen) atoms. The summed E-state index contributed by atoms with van der Waals surface area (Å²) >= 11 is 0. The molecular weight excluding hydrogens is 176 g/mol. The van der Waals surface area contributed by atoms with Crippen LogP contribution < -0.4 is 5.73 Å². The van der Waals surface area contributed by atoms with Crippen LogP contribution in [0, 0.1) is 0 Å². The molecule has 0 saturated carbocycles. The first-order chi connectivity index (χ1) is 6.16. The van der Waals surface area contributed by atoms with Gasteiger partial charge >= 0.3 is 0 Å². The van der Waals surface area contributed by atoms with E-state index in [-0.39, 0.29) is 24.7 Å². The Kier molecular flexibility index (Phi) is 2.80. The molecule has 1 aromatic heterocycles. The van der Waals surface area contributed by atoms with E-state index in [2.05, 4.69) is 14.9 Å². The molecule has 0 aliphatic heterocycles. The molecule has 7 heteroatoms. The van der Waals surface area contributed by atoms with Gasteiger partial charge in [-0.2, -0.15) is 0 Å². The normalized spacial score (nSPS) is 10.0. The van der Waals surface area contributed by atoms with E-state index in [1.165, 1.54) is 11.9 Å². The van der Waals surface area contributed by atoms with Gasteiger partial charge in [0.2, 0.25) is 11.5 Å². The maximum absolute atomic E-state index is 11.4. The van der Waals surface area contributed by atoms with Crippen molar-refractivity contribution in [2.75, 3.05) is 25.9 Å². The van der Waals surface area contributed by atoms with E-state index in [0.717, 1.165) is 0 Å². The monoisotopic (exact) mass is 186 g/mol. The molecular formula is C6H10N4O3. The van der Waals surface area contributed by atoms with Crippen LogP contribution in [-0.4, -0.2) is 46.4 Å². The highest BCUT2D eigenvalue weighted by molar-refractivity contribution is 5.95. The number of amides is 1. The number of aliphatic hydroxyl groups is 1. The summed E-state index contributed by atoms with van der Waals surface area (Å²) in [4.78, 5) is 12.7. The molecule has 0 aliphatic carbocycles. The van der Waals surface area contributed by atoms with Crippen molar-refractivity contribution in [1.82, 2.24) is 15.2 Å². The van der Waals surface area contributed by atoms with Crippen molar-refractivity contribution in [2.24, 2.45) is 0 Å². The van der Waals surface area contributed by atoms with Crippen molar-refractivity contribution in [1.29, 1.82) is 0 Å². The molecule has 0 bridgehead atoms. The Bertz CT molecular complexity index is 298. The minimum Gasteiger partial charge on any atom is -0.395 e. The molecule has 0 aliphatic rings. The summed E-state index contributed by atoms with van der Waals surface area (Å²) in [5.41, 5.74) is 5.27. The third-order valence-corrected chi connectivity index (χ3v) is 1.50. The molecule has 1 amide bonds. The number of rotatable bonds is 3. The van der Waals surface area contributed by atoms with E-state index >= 15 is 0 Å². The molecule has 1 aromatic rings. The Morgan fingerprint density at radius 2 is 2.38 bits per heavy atom. The molecule has 0 spiro atoms. The summed E-state index contributed by atoms with van der Waals surface area (Å²) < 4.78 is 4.26. The number of carbonyl (C=O) groups excluding carboxylic acids is 1. The molecule has 0 unspecified atom stereocenters. The maximum Gasteiger partial charge on any atom is 0.279 e. The number of anilines is 1. The van der Waals surface area contributed by atoms with E-state index in [4.69, 9.17) is 10.8 Å². The number of nitrogen functional groups attached to an aromatic ring is 1. The van der Waals surface area contributed by atoms with Crippen LogP contribution in [0.2, 0.25) is 0 Å². The van der Waals surface area contributed by atoms with Crippen molar-refractivity contribution >= 4 is 11.7 Å². The number of likely N-dealkylation sites (N-methyl/N-ethyl adjacent to an activating group) is 1. The number of hydrogen-bond acceptors (Lipinski definition) is 6. The zero-order valence-electron chi connectivity index (χ0n) is 7.10. The highest BCUT2D eigenvalue weighted by Gasteiger charge is 2.19. The summed E-state index contributed by atoms with van der Waals surface area (Å²) in [5, 5.41) is 15.2. The molecule has 0 aromatic carbocycles. The van der Waals surface area contributed by atoms with Gasteiger partial charge in [-0.1, -0.05) is 0 Å². The Hall–Kier alpha value is -1.63. The molecule has 0 radical (unpaired) electrons. The third-order valence-electron chi connectivity index (χ3n) is 1.50. The fourth-order valence-electron chi connectivity index (χ4n) is 0.776. The lowest BCUT2D eigenvalue weighted by Gasteiger charge is -2.12. The highest BCUT2D eigenvalue weighted by Crippen LogP contribution is 2.06. The molecule has 1 rings (SSSR count). The Labute approximate surface area is 74.1 Å². The van der Waals surface area contributed by atoms with Crippen LogP contribution in [0.4, 0.5) is 5.82 Å². The lowest BCUT2D eigenvalue weighted by molar-refractivity contribution is 0.0756. The summed E-state index contributed by atoms with van der Waals surface area (Å²) in [6.07, 6.45) is 0. The second kappa shape index (κ2) is 3.85. The van der Waals surface area contributed by atoms with Crippen molar-refractivity contribution in [2.45, 2.75) is 0 Å². The van der Waals surface area contributed by atoms with Crippen LogP contribution in [0.15, 0.2) is 4.63 Å². The predicted molar refractivity (Wildman–Crippen MR) is 42.8 cm³/mol. The number of nitrogens with two attached hydrogens (primary N) is 1. The lowest BCUT2D eigenvalue weighted by atomic mass is 10.4. The van der Waals surface area contributed by atoms with E-state index in [1.807, 2.05) is 0 Å². The molecule has 0 fully saturated rings. The fraction of sp³-hybridized carbons (Fsp3) is 0.500. The van der Waals surface area contributed by atoms with Crippen molar-refractivity contribution < 1.29 is 14.5 Å². The summed E-state index contributed by atoms with van der Waals surface area (Å²) in [7, 11) is 1.52. The average Bonchev–Trinajstić information content (AvgIpc) is 2.50. The molecule has 0 saturated heterocycles. The topological polar surface area (TPSA) is 105 Å². The van der Waals surface area contributed by atoms with Gasteiger partial charge in [0.1, 0.15) is 0 Å². The van der Waals surface area contributed by atoms with Crippen molar-refractivity contribution in [3.8, 4) is 0 Å². The van der Waals surface area contributed by atoms with Gasteiger partial charge in [-0.15, -0.1) is 0 Å². The van der Waals surface area contributed by atoms with Crippen LogP contribution >= 0.6 is 0 Å². The third kappa shape index (κ3) is 1.94. The van der Waals surface area contributed by atoms with Gasteiger partial charge in [-0.3, -0.25) is 4.79 Å². The minimum atomic E-state index is -0.423. The smallest absolute Gasteiger partial charge is 0.279 e. The quantitative estimate of drug-likeness (QED) is 0.608. The van der Waals surface area contributed by atoms with E-state index in [0.29, 0.717) is 0 Å². The number of hydrogen-bond donors (Lipinski definition) is 2. The van der Waals surface area contributed by atoms with Crippen LogP contribution in [0.25, 0.3) is 0 Å². The number of carbonyl (C=O) groups is 1. The zero-order chi connectivity index (χ0) is 9.84. The lowest BCUT2D eigenvalue weighted by Crippen LogP contribution is -2.30. The largest absolute Gasteiger partial charge is 0.395 e. The van der Waals surface area contributed by atoms with Crippen molar-refractivity contribution in [3.05, 3.63) is 5.69 Å². The first-order valence-electron chi connectivity index (χ1n) is 3.61. The van der Waals surface area contributed by atoms with Gasteiger partial charge in [0.15, 0.2) is 0 Å². The molecule has 7 nitrogen and oxygen atoms in total. The predicted octanol–water partition coefficient (Wildman–Crippen LogP) is -1.28. The van der Waals surface area contributed by atoms with Gasteiger partial charge in [-0.05, 0) is 10.3 Å². The maximum atomic E-state index is 11.4. The zero-order valence-corrected chi connectivity index (χ0v) is 7.10. The number of aromatic nitrogens is 2. The van der Waals surface area contributed by atoms with Gasteiger partial charge in [0.25, 0.3) is 5.91 Å². The Morgan fingerprint density at radius 1 is 1.69 bits per heavy atom. The average molecular weight is 186 g/mol. The summed E-state index contributed by atoms with van der Waals surface area (Å²) in [6, 6.07) is 0. The summed E-state index contributed by atoms with van der Waals surface area (Å²) in [6.45, 7) is 0.0958. The molecule has 3 N–H and O–H groups in total. The number of aliphatic hydroxyl groups excluding tert-OH is 1.